The molecule has 324 valence electrons. The van der Waals surface area contributed by atoms with Gasteiger partial charge in [-0.1, -0.05) is 35.9 Å². The number of carbonyl (C=O) groups excluding carboxylic acids is 4. The number of piperidine rings is 3. The van der Waals surface area contributed by atoms with Gasteiger partial charge >= 0.3 is 0 Å². The molecule has 1 spiro atoms. The number of hydrogen-bond donors (Lipinski definition) is 5. The Balaban J connectivity index is 0.697. The highest BCUT2D eigenvalue weighted by molar-refractivity contribution is 6.33. The maximum Gasteiger partial charge on any atom is 0.265 e. The third kappa shape index (κ3) is 9.67. The largest absolute Gasteiger partial charge is 0.371 e. The minimum Gasteiger partial charge on any atom is -0.371 e. The van der Waals surface area contributed by atoms with Crippen LogP contribution in [0.2, 0.25) is 5.02 Å². The van der Waals surface area contributed by atoms with E-state index >= 15 is 0 Å². The maximum absolute atomic E-state index is 14.7. The minimum absolute atomic E-state index is 0.0488. The van der Waals surface area contributed by atoms with E-state index in [1.54, 1.807) is 72.8 Å². The smallest absolute Gasteiger partial charge is 0.265 e. The van der Waals surface area contributed by atoms with E-state index < -0.39 is 5.82 Å². The highest BCUT2D eigenvalue weighted by atomic mass is 35.5. The number of carbonyl (C=O) groups is 4. The Labute approximate surface area is 370 Å². The lowest BCUT2D eigenvalue weighted by Crippen LogP contribution is -2.52. The van der Waals surface area contributed by atoms with Crippen LogP contribution >= 0.6 is 11.6 Å². The van der Waals surface area contributed by atoms with E-state index in [1.807, 2.05) is 17.1 Å². The minimum atomic E-state index is -0.653. The summed E-state index contributed by atoms with van der Waals surface area (Å²) in [5.41, 5.74) is 8.27. The Hall–Kier alpha value is -6.38. The van der Waals surface area contributed by atoms with Gasteiger partial charge in [-0.05, 0) is 141 Å². The van der Waals surface area contributed by atoms with Gasteiger partial charge in [0.2, 0.25) is 17.8 Å². The molecule has 1 unspecified atom stereocenters. The lowest BCUT2D eigenvalue weighted by atomic mass is 9.53. The van der Waals surface area contributed by atoms with Gasteiger partial charge in [0.15, 0.2) is 11.6 Å². The van der Waals surface area contributed by atoms with Crippen LogP contribution in [-0.2, 0) is 9.59 Å². The lowest BCUT2D eigenvalue weighted by molar-refractivity contribution is -0.134. The van der Waals surface area contributed by atoms with Crippen LogP contribution < -0.4 is 31.6 Å². The van der Waals surface area contributed by atoms with E-state index in [4.69, 9.17) is 11.6 Å². The van der Waals surface area contributed by atoms with Crippen LogP contribution in [-0.4, -0.2) is 64.8 Å². The first-order valence-electron chi connectivity index (χ1n) is 21.6. The molecule has 1 aromatic heterocycles. The van der Waals surface area contributed by atoms with Crippen LogP contribution in [0.5, 0.6) is 0 Å². The van der Waals surface area contributed by atoms with Crippen molar-refractivity contribution < 1.29 is 23.6 Å². The molecule has 13 nitrogen and oxygen atoms in total. The third-order valence-corrected chi connectivity index (χ3v) is 13.6. The summed E-state index contributed by atoms with van der Waals surface area (Å²) in [7, 11) is 0. The van der Waals surface area contributed by atoms with E-state index in [0.717, 1.165) is 56.7 Å². The van der Waals surface area contributed by atoms with Crippen LogP contribution in [0.15, 0.2) is 103 Å². The van der Waals surface area contributed by atoms with E-state index in [0.29, 0.717) is 57.4 Å². The summed E-state index contributed by atoms with van der Waals surface area (Å²) < 4.78 is 14.7. The van der Waals surface area contributed by atoms with Crippen LogP contribution in [0.3, 0.4) is 0 Å². The van der Waals surface area contributed by atoms with Crippen molar-refractivity contribution in [3.05, 3.63) is 131 Å². The van der Waals surface area contributed by atoms with Gasteiger partial charge < -0.3 is 20.9 Å². The van der Waals surface area contributed by atoms with Gasteiger partial charge in [0.1, 0.15) is 0 Å². The molecule has 1 aliphatic carbocycles. The predicted molar refractivity (Wildman–Crippen MR) is 241 cm³/mol. The van der Waals surface area contributed by atoms with Crippen molar-refractivity contribution >= 4 is 69.7 Å². The van der Waals surface area contributed by atoms with E-state index in [1.165, 1.54) is 31.4 Å². The topological polar surface area (TPSA) is 161 Å². The Morgan fingerprint density at radius 2 is 1.41 bits per heavy atom. The molecule has 4 aliphatic rings. The van der Waals surface area contributed by atoms with Gasteiger partial charge in [-0.2, -0.15) is 4.98 Å². The number of halogens is 2. The standard InChI is InChI=1S/C48H49ClFN9O4/c49-39-3-1-2-4-41(39)54-44(61)32-5-11-35(12-6-32)52-43-40(50)29-51-47(56-43)53-36-13-7-33(8-14-36)45(62)57-59-23-19-30(20-24-59)34-27-48(28-34)21-25-58(26-22-48)37-15-9-31(10-16-37)38-17-18-42(60)55-46(38)63/h1-16,29-30,34,38H,17-28H2,(H,54,61)(H,57,62)(H,55,60,63)(H2,51,52,53,56). The van der Waals surface area contributed by atoms with Crippen LogP contribution in [0, 0.1) is 23.1 Å². The van der Waals surface area contributed by atoms with Gasteiger partial charge in [-0.3, -0.25) is 29.9 Å². The molecule has 0 radical (unpaired) electrons. The molecule has 0 bridgehead atoms. The Bertz CT molecular complexity index is 2480. The first-order valence-corrected chi connectivity index (χ1v) is 22.0. The molecule has 4 fully saturated rings. The summed E-state index contributed by atoms with van der Waals surface area (Å²) >= 11 is 6.16. The van der Waals surface area contributed by atoms with Gasteiger partial charge in [0, 0.05) is 60.8 Å². The third-order valence-electron chi connectivity index (χ3n) is 13.3. The fraction of sp³-hybridized carbons (Fsp3) is 0.333. The van der Waals surface area contributed by atoms with Crippen molar-refractivity contribution in [1.29, 1.82) is 0 Å². The molecule has 3 saturated heterocycles. The maximum atomic E-state index is 14.7. The van der Waals surface area contributed by atoms with Crippen molar-refractivity contribution in [3.63, 3.8) is 0 Å². The van der Waals surface area contributed by atoms with Crippen LogP contribution in [0.1, 0.15) is 83.6 Å². The molecular formula is C48H49ClFN9O4. The number of aromatic nitrogens is 2. The fourth-order valence-electron chi connectivity index (χ4n) is 9.60. The molecule has 4 amide bonds. The SMILES string of the molecule is O=C1CCC(c2ccc(N3CCC4(CC3)CC(C3CCN(NC(=O)c5ccc(Nc6ncc(F)c(Nc7ccc(C(=O)Nc8ccccc8Cl)cc7)n6)cc5)CC3)C4)cc2)C(=O)N1. The van der Waals surface area contributed by atoms with Crippen molar-refractivity contribution in [1.82, 2.24) is 25.7 Å². The van der Waals surface area contributed by atoms with Crippen molar-refractivity contribution in [2.45, 2.75) is 57.3 Å². The fourth-order valence-corrected chi connectivity index (χ4v) is 9.78. The number of nitrogens with one attached hydrogen (secondary N) is 5. The first-order chi connectivity index (χ1) is 30.6. The van der Waals surface area contributed by atoms with Crippen LogP contribution in [0.25, 0.3) is 0 Å². The summed E-state index contributed by atoms with van der Waals surface area (Å²) in [6, 6.07) is 28.8. The molecule has 1 saturated carbocycles. The van der Waals surface area contributed by atoms with Gasteiger partial charge in [-0.15, -0.1) is 0 Å². The molecule has 5 aromatic rings. The predicted octanol–water partition coefficient (Wildman–Crippen LogP) is 8.58. The van der Waals surface area contributed by atoms with E-state index in [-0.39, 0.29) is 41.3 Å². The number of hydrazine groups is 1. The Kier molecular flexibility index (Phi) is 12.1. The normalized spacial score (nSPS) is 19.2. The molecule has 1 atom stereocenters. The number of para-hydroxylation sites is 1. The molecular weight excluding hydrogens is 821 g/mol. The van der Waals surface area contributed by atoms with E-state index in [9.17, 15) is 23.6 Å². The summed E-state index contributed by atoms with van der Waals surface area (Å²) in [6.45, 7) is 3.72. The summed E-state index contributed by atoms with van der Waals surface area (Å²) in [5.74, 6) is -0.261. The molecule has 9 rings (SSSR count). The zero-order chi connectivity index (χ0) is 43.5. The Morgan fingerprint density at radius 3 is 2.08 bits per heavy atom. The van der Waals surface area contributed by atoms with Crippen LogP contribution in [0.4, 0.5) is 38.9 Å². The number of imide groups is 1. The second-order valence-corrected chi connectivity index (χ2v) is 17.7. The number of benzene rings is 4. The second kappa shape index (κ2) is 18.1. The quantitative estimate of drug-likeness (QED) is 0.0814. The lowest BCUT2D eigenvalue weighted by Gasteiger charge is -2.55. The second-order valence-electron chi connectivity index (χ2n) is 17.2. The van der Waals surface area contributed by atoms with Crippen molar-refractivity contribution in [2.24, 2.45) is 17.3 Å². The highest BCUT2D eigenvalue weighted by Gasteiger charge is 2.48. The molecule has 4 heterocycles. The monoisotopic (exact) mass is 869 g/mol. The average Bonchev–Trinajstić information content (AvgIpc) is 3.28. The zero-order valence-corrected chi connectivity index (χ0v) is 35.5. The molecule has 4 aromatic carbocycles. The van der Waals surface area contributed by atoms with Gasteiger partial charge in [0.25, 0.3) is 11.8 Å². The average molecular weight is 870 g/mol. The van der Waals surface area contributed by atoms with Gasteiger partial charge in [0.05, 0.1) is 22.8 Å². The van der Waals surface area contributed by atoms with E-state index in [2.05, 4.69) is 53.7 Å². The zero-order valence-electron chi connectivity index (χ0n) is 34.7. The number of anilines is 6. The molecule has 3 aliphatic heterocycles. The first kappa shape index (κ1) is 41.9. The number of hydrogen-bond acceptors (Lipinski definition) is 10. The van der Waals surface area contributed by atoms with Gasteiger partial charge in [-0.25, -0.2) is 14.4 Å². The number of amides is 4. The summed E-state index contributed by atoms with van der Waals surface area (Å²) in [4.78, 5) is 60.6. The highest BCUT2D eigenvalue weighted by Crippen LogP contribution is 2.56. The number of rotatable bonds is 11. The molecule has 63 heavy (non-hydrogen) atoms. The van der Waals surface area contributed by atoms with Crippen molar-refractivity contribution in [3.8, 4) is 0 Å². The van der Waals surface area contributed by atoms with Crippen molar-refractivity contribution in [2.75, 3.05) is 47.0 Å². The molecule has 5 N–H and O–H groups in total. The molecule has 15 heteroatoms. The summed E-state index contributed by atoms with van der Waals surface area (Å²) in [6.07, 6.45) is 9.12. The Morgan fingerprint density at radius 1 is 0.762 bits per heavy atom. The number of nitrogens with zero attached hydrogens (tertiary/aromatic N) is 4. The summed E-state index contributed by atoms with van der Waals surface area (Å²) in [5, 5.41) is 13.7.